The molecule has 0 fully saturated rings. The monoisotopic (exact) mass is 559 g/mol. The number of urea groups is 1. The van der Waals surface area contributed by atoms with E-state index >= 15 is 0 Å². The number of alkyl halides is 3. The van der Waals surface area contributed by atoms with Crippen LogP contribution in [0.5, 0.6) is 0 Å². The standard InChI is InChI=1S/C21H10Cl2F3N3O4S2/c22-15-10-13(27-20(31)28-35(32,33)18-6-5-17(23)34-18)3-4-16(15)29-8-7-11-1-2-12(21(24,25)26)9-14(11)19(29)30/h1-4,7-10H,(H2,27,28,31). The molecule has 1 aliphatic rings. The molecule has 3 aromatic rings. The number of anilines is 1. The van der Waals surface area contributed by atoms with Crippen LogP contribution >= 0.6 is 35.0 Å². The molecule has 0 unspecified atom stereocenters. The Morgan fingerprint density at radius 2 is 1.80 bits per heavy atom. The van der Waals surface area contributed by atoms with Gasteiger partial charge in [0.05, 0.1) is 16.3 Å². The average Bonchev–Trinajstić information content (AvgIpc) is 3.21. The van der Waals surface area contributed by atoms with Crippen molar-refractivity contribution >= 4 is 67.5 Å². The SMILES string of the molecule is O=C(Nc1ccc(-n2ccc3ccc(C(F)(F)F)cc3c2=O)c(Cl)c1)NS(=O)(=O)C1=C=C=C(Cl)S1. The van der Waals surface area contributed by atoms with Crippen LogP contribution in [0.2, 0.25) is 5.02 Å². The van der Waals surface area contributed by atoms with Crippen molar-refractivity contribution in [1.29, 1.82) is 0 Å². The number of fused-ring (bicyclic) bond motifs is 1. The molecule has 0 atom stereocenters. The van der Waals surface area contributed by atoms with Gasteiger partial charge in [0.2, 0.25) is 0 Å². The lowest BCUT2D eigenvalue weighted by Crippen LogP contribution is -2.34. The van der Waals surface area contributed by atoms with E-state index in [9.17, 15) is 31.2 Å². The van der Waals surface area contributed by atoms with Crippen molar-refractivity contribution in [3.8, 4) is 5.69 Å². The Balaban J connectivity index is 1.60. The summed E-state index contributed by atoms with van der Waals surface area (Å²) in [5.74, 6) is 0. The topological polar surface area (TPSA) is 97.3 Å². The number of amides is 2. The largest absolute Gasteiger partial charge is 0.416 e. The molecule has 2 heterocycles. The van der Waals surface area contributed by atoms with Gasteiger partial charge in [-0.2, -0.15) is 21.6 Å². The van der Waals surface area contributed by atoms with E-state index in [2.05, 4.69) is 16.8 Å². The Labute approximate surface area is 209 Å². The molecule has 14 heteroatoms. The van der Waals surface area contributed by atoms with Crippen molar-refractivity contribution in [1.82, 2.24) is 9.29 Å². The summed E-state index contributed by atoms with van der Waals surface area (Å²) in [6, 6.07) is 7.12. The third-order valence-corrected chi connectivity index (χ3v) is 7.76. The van der Waals surface area contributed by atoms with Crippen LogP contribution < -0.4 is 15.6 Å². The summed E-state index contributed by atoms with van der Waals surface area (Å²) in [6.45, 7) is 0. The van der Waals surface area contributed by atoms with E-state index in [1.807, 2.05) is 0 Å². The van der Waals surface area contributed by atoms with Gasteiger partial charge in [-0.3, -0.25) is 9.36 Å². The van der Waals surface area contributed by atoms with Crippen LogP contribution in [0.25, 0.3) is 16.5 Å². The lowest BCUT2D eigenvalue weighted by atomic mass is 10.1. The molecule has 0 bridgehead atoms. The fourth-order valence-corrected chi connectivity index (χ4v) is 5.51. The molecule has 2 amide bonds. The summed E-state index contributed by atoms with van der Waals surface area (Å²) in [5, 5.41) is 2.40. The van der Waals surface area contributed by atoms with Gasteiger partial charge >= 0.3 is 12.2 Å². The van der Waals surface area contributed by atoms with Gasteiger partial charge in [0.15, 0.2) is 4.24 Å². The fourth-order valence-electron chi connectivity index (χ4n) is 3.06. The molecule has 180 valence electrons. The first-order valence-electron chi connectivity index (χ1n) is 9.31. The second-order valence-electron chi connectivity index (χ2n) is 6.93. The number of nitrogens with zero attached hydrogens (tertiary/aromatic N) is 1. The molecular weight excluding hydrogens is 550 g/mol. The van der Waals surface area contributed by atoms with Gasteiger partial charge in [0.1, 0.15) is 4.36 Å². The van der Waals surface area contributed by atoms with E-state index in [1.54, 1.807) is 4.72 Å². The number of thioether (sulfide) groups is 1. The van der Waals surface area contributed by atoms with Crippen molar-refractivity contribution in [3.05, 3.63) is 89.7 Å². The highest BCUT2D eigenvalue weighted by Gasteiger charge is 2.31. The van der Waals surface area contributed by atoms with Crippen LogP contribution in [-0.2, 0) is 16.2 Å². The molecule has 2 aromatic carbocycles. The van der Waals surface area contributed by atoms with Crippen molar-refractivity contribution in [2.24, 2.45) is 0 Å². The highest BCUT2D eigenvalue weighted by molar-refractivity contribution is 8.21. The molecular formula is C21H10Cl2F3N3O4S2. The summed E-state index contributed by atoms with van der Waals surface area (Å²) < 4.78 is 66.1. The van der Waals surface area contributed by atoms with E-state index in [0.717, 1.165) is 16.7 Å². The Kier molecular flexibility index (Phi) is 6.54. The van der Waals surface area contributed by atoms with Crippen molar-refractivity contribution in [3.63, 3.8) is 0 Å². The smallest absolute Gasteiger partial charge is 0.307 e. The molecule has 0 aliphatic carbocycles. The van der Waals surface area contributed by atoms with E-state index in [0.29, 0.717) is 17.1 Å². The molecule has 7 nitrogen and oxygen atoms in total. The fraction of sp³-hybridized carbons (Fsp3) is 0.0476. The summed E-state index contributed by atoms with van der Waals surface area (Å²) >= 11 is 12.5. The minimum absolute atomic E-state index is 0.0351. The summed E-state index contributed by atoms with van der Waals surface area (Å²) in [6.07, 6.45) is -3.27. The van der Waals surface area contributed by atoms with Crippen molar-refractivity contribution in [2.45, 2.75) is 6.18 Å². The molecule has 2 N–H and O–H groups in total. The van der Waals surface area contributed by atoms with E-state index in [-0.39, 0.29) is 30.4 Å². The van der Waals surface area contributed by atoms with Crippen LogP contribution in [0, 0.1) is 0 Å². The Morgan fingerprint density at radius 1 is 1.06 bits per heavy atom. The second kappa shape index (κ2) is 9.16. The normalized spacial score (nSPS) is 13.5. The first-order valence-corrected chi connectivity index (χ1v) is 12.4. The zero-order chi connectivity index (χ0) is 25.5. The summed E-state index contributed by atoms with van der Waals surface area (Å²) in [7, 11) is -4.23. The number of carbonyl (C=O) groups excluding carboxylic acids is 1. The quantitative estimate of drug-likeness (QED) is 0.409. The molecule has 1 aromatic heterocycles. The Bertz CT molecular complexity index is 1670. The number of rotatable bonds is 4. The van der Waals surface area contributed by atoms with Gasteiger partial charge in [-0.05, 0) is 65.0 Å². The lowest BCUT2D eigenvalue weighted by Gasteiger charge is -2.13. The van der Waals surface area contributed by atoms with Crippen LogP contribution in [0.4, 0.5) is 23.7 Å². The molecule has 4 rings (SSSR count). The highest BCUT2D eigenvalue weighted by atomic mass is 35.5. The predicted molar refractivity (Wildman–Crippen MR) is 128 cm³/mol. The van der Waals surface area contributed by atoms with Crippen LogP contribution in [0.1, 0.15) is 5.56 Å². The number of aromatic nitrogens is 1. The molecule has 0 saturated heterocycles. The minimum Gasteiger partial charge on any atom is -0.307 e. The number of pyridine rings is 1. The molecule has 35 heavy (non-hydrogen) atoms. The summed E-state index contributed by atoms with van der Waals surface area (Å²) in [4.78, 5) is 25.0. The van der Waals surface area contributed by atoms with Crippen LogP contribution in [0.15, 0.2) is 73.5 Å². The maximum Gasteiger partial charge on any atom is 0.416 e. The molecule has 0 saturated carbocycles. The number of hydrogen-bond acceptors (Lipinski definition) is 5. The molecule has 0 spiro atoms. The zero-order valence-corrected chi connectivity index (χ0v) is 20.1. The first kappa shape index (κ1) is 25.0. The average molecular weight is 560 g/mol. The number of benzene rings is 2. The highest BCUT2D eigenvalue weighted by Crippen LogP contribution is 2.34. The lowest BCUT2D eigenvalue weighted by molar-refractivity contribution is -0.137. The first-order chi connectivity index (χ1) is 16.3. The van der Waals surface area contributed by atoms with Crippen molar-refractivity contribution in [2.75, 3.05) is 5.32 Å². The van der Waals surface area contributed by atoms with E-state index in [1.165, 1.54) is 36.5 Å². The number of halogens is 5. The molecule has 0 radical (unpaired) electrons. The Hall–Kier alpha value is -3.11. The summed E-state index contributed by atoms with van der Waals surface area (Å²) in [5.41, 5.74) is 3.17. The van der Waals surface area contributed by atoms with Gasteiger partial charge in [-0.25, -0.2) is 9.52 Å². The van der Waals surface area contributed by atoms with Gasteiger partial charge in [-0.15, -0.1) is 0 Å². The van der Waals surface area contributed by atoms with Crippen molar-refractivity contribution < 1.29 is 26.4 Å². The number of nitrogens with one attached hydrogen (secondary N) is 2. The van der Waals surface area contributed by atoms with Gasteiger partial charge in [0, 0.05) is 17.3 Å². The van der Waals surface area contributed by atoms with Crippen LogP contribution in [0.3, 0.4) is 0 Å². The third kappa shape index (κ3) is 5.28. The predicted octanol–water partition coefficient (Wildman–Crippen LogP) is 5.54. The van der Waals surface area contributed by atoms with E-state index in [4.69, 9.17) is 23.2 Å². The maximum atomic E-state index is 13.1. The van der Waals surface area contributed by atoms with Gasteiger partial charge < -0.3 is 5.32 Å². The zero-order valence-electron chi connectivity index (χ0n) is 16.9. The molecule has 1 aliphatic heterocycles. The van der Waals surface area contributed by atoms with Gasteiger partial charge in [0.25, 0.3) is 15.6 Å². The maximum absolute atomic E-state index is 13.1. The third-order valence-electron chi connectivity index (χ3n) is 4.61. The van der Waals surface area contributed by atoms with Crippen LogP contribution in [-0.4, -0.2) is 19.0 Å². The number of sulfonamides is 1. The second-order valence-corrected chi connectivity index (χ2v) is 10.8. The number of hydrogen-bond donors (Lipinski definition) is 2. The minimum atomic E-state index is -4.62. The Morgan fingerprint density at radius 3 is 2.43 bits per heavy atom. The van der Waals surface area contributed by atoms with E-state index < -0.39 is 33.4 Å². The van der Waals surface area contributed by atoms with Gasteiger partial charge in [-0.1, -0.05) is 29.3 Å². The number of carbonyl (C=O) groups is 1.